The first-order valence-electron chi connectivity index (χ1n) is 12.9. The van der Waals surface area contributed by atoms with E-state index < -0.39 is 21.8 Å². The fraction of sp³-hybridized carbons (Fsp3) is 0.500. The van der Waals surface area contributed by atoms with E-state index in [9.17, 15) is 21.6 Å². The first-order chi connectivity index (χ1) is 18.7. The highest BCUT2D eigenvalue weighted by Crippen LogP contribution is 2.36. The van der Waals surface area contributed by atoms with Gasteiger partial charge in [0.25, 0.3) is 0 Å². The smallest absolute Gasteiger partial charge is 0.351 e. The van der Waals surface area contributed by atoms with Gasteiger partial charge in [-0.3, -0.25) is 4.90 Å². The molecule has 1 N–H and O–H groups in total. The van der Waals surface area contributed by atoms with E-state index in [4.69, 9.17) is 11.6 Å². The summed E-state index contributed by atoms with van der Waals surface area (Å²) >= 11 is 6.57. The molecule has 0 atom stereocenters. The molecule has 2 aromatic heterocycles. The number of sulfonamides is 1. The maximum absolute atomic E-state index is 13.9. The van der Waals surface area contributed by atoms with E-state index in [1.54, 1.807) is 4.57 Å². The largest absolute Gasteiger partial charge is 0.420 e. The van der Waals surface area contributed by atoms with Crippen molar-refractivity contribution in [2.75, 3.05) is 37.8 Å². The number of benzene rings is 1. The number of piperidine rings is 1. The number of likely N-dealkylation sites (tertiary alicyclic amines) is 1. The van der Waals surface area contributed by atoms with Crippen LogP contribution in [0.3, 0.4) is 0 Å². The molecule has 216 valence electrons. The van der Waals surface area contributed by atoms with E-state index >= 15 is 0 Å². The number of anilines is 1. The molecule has 0 amide bonds. The van der Waals surface area contributed by atoms with Crippen molar-refractivity contribution >= 4 is 27.6 Å². The van der Waals surface area contributed by atoms with Crippen molar-refractivity contribution in [1.82, 2.24) is 28.7 Å². The van der Waals surface area contributed by atoms with E-state index in [0.717, 1.165) is 37.7 Å². The molecule has 0 aliphatic carbocycles. The monoisotopic (exact) mass is 597 g/mol. The van der Waals surface area contributed by atoms with Gasteiger partial charge in [-0.05, 0) is 36.0 Å². The van der Waals surface area contributed by atoms with Crippen molar-refractivity contribution in [2.24, 2.45) is 5.41 Å². The second-order valence-corrected chi connectivity index (χ2v) is 13.7. The molecule has 3 aromatic rings. The maximum atomic E-state index is 13.9. The average molecular weight is 598 g/mol. The molecule has 2 aliphatic rings. The Hall–Kier alpha value is -2.74. The van der Waals surface area contributed by atoms with E-state index in [1.165, 1.54) is 16.8 Å². The second kappa shape index (κ2) is 10.6. The Morgan fingerprint density at radius 2 is 1.85 bits per heavy atom. The summed E-state index contributed by atoms with van der Waals surface area (Å²) < 4.78 is 68.1. The van der Waals surface area contributed by atoms with Crippen molar-refractivity contribution in [3.05, 3.63) is 53.1 Å². The van der Waals surface area contributed by atoms with E-state index in [0.29, 0.717) is 42.1 Å². The summed E-state index contributed by atoms with van der Waals surface area (Å²) in [6.07, 6.45) is 1.03. The molecule has 14 heteroatoms. The van der Waals surface area contributed by atoms with Crippen LogP contribution in [-0.4, -0.2) is 75.6 Å². The molecule has 2 aliphatic heterocycles. The van der Waals surface area contributed by atoms with Crippen LogP contribution < -0.4 is 5.32 Å². The summed E-state index contributed by atoms with van der Waals surface area (Å²) in [6.45, 7) is 7.86. The van der Waals surface area contributed by atoms with E-state index in [1.807, 2.05) is 18.2 Å². The van der Waals surface area contributed by atoms with Gasteiger partial charge in [0.1, 0.15) is 23.3 Å². The Morgan fingerprint density at radius 3 is 2.45 bits per heavy atom. The first kappa shape index (κ1) is 28.8. The van der Waals surface area contributed by atoms with Gasteiger partial charge in [0.15, 0.2) is 0 Å². The normalized spacial score (nSPS) is 19.0. The van der Waals surface area contributed by atoms with Gasteiger partial charge in [-0.2, -0.15) is 13.2 Å². The van der Waals surface area contributed by atoms with E-state index in [-0.39, 0.29) is 23.4 Å². The highest BCUT2D eigenvalue weighted by atomic mass is 35.5. The summed E-state index contributed by atoms with van der Waals surface area (Å²) in [5.74, 6) is 0.0203. The number of imidazole rings is 1. The van der Waals surface area contributed by atoms with Crippen molar-refractivity contribution in [2.45, 2.75) is 45.5 Å². The van der Waals surface area contributed by atoms with Crippen LogP contribution >= 0.6 is 11.6 Å². The number of nitrogens with one attached hydrogen (secondary N) is 1. The lowest BCUT2D eigenvalue weighted by atomic mass is 9.84. The minimum Gasteiger partial charge on any atom is -0.351 e. The van der Waals surface area contributed by atoms with Crippen LogP contribution in [0.1, 0.15) is 37.8 Å². The maximum Gasteiger partial charge on any atom is 0.420 e. The van der Waals surface area contributed by atoms with Crippen molar-refractivity contribution in [3.63, 3.8) is 0 Å². The molecule has 0 bridgehead atoms. The second-order valence-electron chi connectivity index (χ2n) is 11.3. The lowest BCUT2D eigenvalue weighted by Crippen LogP contribution is -2.52. The molecule has 0 spiro atoms. The van der Waals surface area contributed by atoms with Gasteiger partial charge in [0.2, 0.25) is 16.0 Å². The molecule has 4 heterocycles. The molecule has 2 saturated heterocycles. The lowest BCUT2D eigenvalue weighted by Gasteiger charge is -2.46. The SMILES string of the molecule is CC1(C)CN(Cc2ccc(-n3cnc(-c4nc(NC5CCN(S(C)(=O)=O)CC5)ncc4C(F)(F)F)c3)c(Cl)c2)C1. The summed E-state index contributed by atoms with van der Waals surface area (Å²) in [6, 6.07) is 5.47. The van der Waals surface area contributed by atoms with Gasteiger partial charge in [-0.15, -0.1) is 0 Å². The predicted molar refractivity (Wildman–Crippen MR) is 147 cm³/mol. The number of halogens is 4. The van der Waals surface area contributed by atoms with Crippen molar-refractivity contribution in [3.8, 4) is 17.1 Å². The molecule has 0 radical (unpaired) electrons. The number of alkyl halides is 3. The lowest BCUT2D eigenvalue weighted by molar-refractivity contribution is -0.137. The molecule has 0 unspecified atom stereocenters. The number of nitrogens with zero attached hydrogens (tertiary/aromatic N) is 6. The van der Waals surface area contributed by atoms with Crippen LogP contribution in [-0.2, 0) is 22.7 Å². The topological polar surface area (TPSA) is 96.3 Å². The molecule has 5 rings (SSSR count). The van der Waals surface area contributed by atoms with E-state index in [2.05, 4.69) is 39.0 Å². The minimum atomic E-state index is -4.69. The van der Waals surface area contributed by atoms with Gasteiger partial charge in [0.05, 0.1) is 17.0 Å². The highest BCUT2D eigenvalue weighted by Gasteiger charge is 2.37. The Labute approximate surface area is 236 Å². The van der Waals surface area contributed by atoms with Crippen molar-refractivity contribution in [1.29, 1.82) is 0 Å². The average Bonchev–Trinajstić information content (AvgIpc) is 3.32. The zero-order chi connectivity index (χ0) is 28.9. The zero-order valence-electron chi connectivity index (χ0n) is 22.4. The van der Waals surface area contributed by atoms with Crippen LogP contribution in [0.5, 0.6) is 0 Å². The third-order valence-corrected chi connectivity index (χ3v) is 8.78. The van der Waals surface area contributed by atoms with Crippen molar-refractivity contribution < 1.29 is 21.6 Å². The van der Waals surface area contributed by atoms with Gasteiger partial charge in [-0.1, -0.05) is 31.5 Å². The number of hydrogen-bond acceptors (Lipinski definition) is 7. The number of rotatable bonds is 7. The number of hydrogen-bond donors (Lipinski definition) is 1. The Kier molecular flexibility index (Phi) is 7.62. The van der Waals surface area contributed by atoms with Crippen LogP contribution in [0, 0.1) is 5.41 Å². The summed E-state index contributed by atoms with van der Waals surface area (Å²) in [4.78, 5) is 14.6. The van der Waals surface area contributed by atoms with Gasteiger partial charge in [0, 0.05) is 51.2 Å². The quantitative estimate of drug-likeness (QED) is 0.422. The Balaban J connectivity index is 1.35. The standard InChI is InChI=1S/C26H31ClF3N7O2S/c1-25(2)14-35(15-25)12-17-4-5-22(20(27)10-17)36-13-21(32-16-36)23-19(26(28,29)30)11-31-24(34-23)33-18-6-8-37(9-7-18)40(3,38)39/h4-5,10-11,13,16,18H,6-9,12,14-15H2,1-3H3,(H,31,33,34). The molecule has 40 heavy (non-hydrogen) atoms. The Morgan fingerprint density at radius 1 is 1.15 bits per heavy atom. The zero-order valence-corrected chi connectivity index (χ0v) is 24.0. The van der Waals surface area contributed by atoms with Crippen LogP contribution in [0.4, 0.5) is 19.1 Å². The molecular formula is C26H31ClF3N7O2S. The fourth-order valence-corrected chi connectivity index (χ4v) is 6.51. The number of aromatic nitrogens is 4. The molecule has 0 saturated carbocycles. The molecule has 9 nitrogen and oxygen atoms in total. The van der Waals surface area contributed by atoms with Gasteiger partial charge in [-0.25, -0.2) is 27.7 Å². The highest BCUT2D eigenvalue weighted by molar-refractivity contribution is 7.88. The van der Waals surface area contributed by atoms with Crippen LogP contribution in [0.2, 0.25) is 5.02 Å². The third kappa shape index (κ3) is 6.42. The fourth-order valence-electron chi connectivity index (χ4n) is 5.34. The predicted octanol–water partition coefficient (Wildman–Crippen LogP) is 4.68. The molecule has 1 aromatic carbocycles. The first-order valence-corrected chi connectivity index (χ1v) is 15.1. The molecule has 2 fully saturated rings. The molecular weight excluding hydrogens is 567 g/mol. The van der Waals surface area contributed by atoms with Gasteiger partial charge >= 0.3 is 6.18 Å². The Bertz CT molecular complexity index is 1490. The van der Waals surface area contributed by atoms with Crippen LogP contribution in [0.15, 0.2) is 36.9 Å². The summed E-state index contributed by atoms with van der Waals surface area (Å²) in [5.41, 5.74) is 0.620. The third-order valence-electron chi connectivity index (χ3n) is 7.18. The summed E-state index contributed by atoms with van der Waals surface area (Å²) in [7, 11) is -3.29. The van der Waals surface area contributed by atoms with Gasteiger partial charge < -0.3 is 9.88 Å². The summed E-state index contributed by atoms with van der Waals surface area (Å²) in [5, 5.41) is 3.52. The minimum absolute atomic E-state index is 0.0203. The van der Waals surface area contributed by atoms with Crippen LogP contribution in [0.25, 0.3) is 17.1 Å².